The van der Waals surface area contributed by atoms with Crippen molar-refractivity contribution in [3.8, 4) is 0 Å². The summed E-state index contributed by atoms with van der Waals surface area (Å²) in [4.78, 5) is 13.8. The smallest absolute Gasteiger partial charge is 0.367 e. The number of ether oxygens (including phenoxy) is 1. The Morgan fingerprint density at radius 2 is 1.33 bits per heavy atom. The molecule has 6 atom stereocenters. The number of rotatable bonds is 23. The second-order valence-corrected chi connectivity index (χ2v) is 21.4. The van der Waals surface area contributed by atoms with Gasteiger partial charge in [0.25, 0.3) is 0 Å². The molecule has 0 N–H and O–H groups in total. The van der Waals surface area contributed by atoms with E-state index in [4.69, 9.17) is 13.8 Å². The Labute approximate surface area is 333 Å². The Balaban J connectivity index is 2.88. The molecule has 1 aromatic carbocycles. The van der Waals surface area contributed by atoms with Crippen molar-refractivity contribution >= 4 is 13.6 Å². The molecule has 0 amide bonds. The predicted octanol–water partition coefficient (Wildman–Crippen LogP) is 14.8. The van der Waals surface area contributed by atoms with Gasteiger partial charge in [-0.05, 0) is 120 Å². The van der Waals surface area contributed by atoms with E-state index in [0.717, 1.165) is 57.8 Å². The molecule has 0 bridgehead atoms. The van der Waals surface area contributed by atoms with Crippen molar-refractivity contribution in [3.05, 3.63) is 60.7 Å². The first kappa shape index (κ1) is 48.5. The van der Waals surface area contributed by atoms with Crippen LogP contribution in [0.1, 0.15) is 173 Å². The van der Waals surface area contributed by atoms with Crippen molar-refractivity contribution in [2.24, 2.45) is 49.2 Å². The van der Waals surface area contributed by atoms with Crippen LogP contribution in [0.25, 0.3) is 0 Å². The molecule has 54 heavy (non-hydrogen) atoms. The topological polar surface area (TPSA) is 61.8 Å². The largest absolute Gasteiger partial charge is 0.452 e. The van der Waals surface area contributed by atoms with E-state index in [1.807, 2.05) is 6.92 Å². The summed E-state index contributed by atoms with van der Waals surface area (Å²) in [6.07, 6.45) is 15.7. The van der Waals surface area contributed by atoms with Crippen molar-refractivity contribution in [2.45, 2.75) is 168 Å². The second-order valence-electron chi connectivity index (χ2n) is 19.2. The fraction of sp³-hybridized carbons (Fsp3) is 0.771. The Kier molecular flexibility index (Phi) is 16.0. The molecule has 1 aliphatic carbocycles. The fourth-order valence-corrected chi connectivity index (χ4v) is 12.4. The van der Waals surface area contributed by atoms with Gasteiger partial charge in [0, 0.05) is 14.2 Å². The number of hydrogen-bond acceptors (Lipinski definition) is 5. The first-order chi connectivity index (χ1) is 25.0. The molecule has 2 rings (SSSR count). The number of carbonyl (C=O) groups is 1. The predicted molar refractivity (Wildman–Crippen MR) is 231 cm³/mol. The third-order valence-corrected chi connectivity index (χ3v) is 17.9. The molecule has 0 aliphatic heterocycles. The first-order valence-electron chi connectivity index (χ1n) is 21.2. The average molecular weight is 771 g/mol. The molecule has 0 saturated heterocycles. The minimum absolute atomic E-state index is 0.00147. The van der Waals surface area contributed by atoms with Crippen LogP contribution in [0.4, 0.5) is 0 Å². The van der Waals surface area contributed by atoms with Gasteiger partial charge in [0.05, 0.1) is 5.41 Å². The highest BCUT2D eigenvalue weighted by Crippen LogP contribution is 2.76. The number of carbonyl (C=O) groups excluding carboxylic acids is 1. The summed E-state index contributed by atoms with van der Waals surface area (Å²) in [6, 6.07) is 11.5. The Hall–Kier alpha value is -1.68. The lowest BCUT2D eigenvalue weighted by molar-refractivity contribution is -0.150. The summed E-state index contributed by atoms with van der Waals surface area (Å²) in [5.41, 5.74) is 0.0615. The molecular formula is C48H83O5P. The van der Waals surface area contributed by atoms with Gasteiger partial charge in [-0.2, -0.15) is 0 Å². The van der Waals surface area contributed by atoms with E-state index in [-0.39, 0.29) is 56.1 Å². The van der Waals surface area contributed by atoms with Gasteiger partial charge in [-0.15, -0.1) is 6.58 Å². The van der Waals surface area contributed by atoms with Crippen LogP contribution in [0.3, 0.4) is 0 Å². The van der Waals surface area contributed by atoms with Crippen molar-refractivity contribution < 1.29 is 23.1 Å². The summed E-state index contributed by atoms with van der Waals surface area (Å²) >= 11 is 0. The zero-order valence-corrected chi connectivity index (χ0v) is 38.9. The van der Waals surface area contributed by atoms with E-state index in [2.05, 4.69) is 152 Å². The molecular weight excluding hydrogens is 687 g/mol. The first-order valence-corrected chi connectivity index (χ1v) is 23.0. The van der Waals surface area contributed by atoms with Crippen LogP contribution < -0.4 is 0 Å². The van der Waals surface area contributed by atoms with Crippen LogP contribution in [-0.2, 0) is 23.1 Å². The quantitative estimate of drug-likeness (QED) is 0.0630. The van der Waals surface area contributed by atoms with E-state index < -0.39 is 13.0 Å². The summed E-state index contributed by atoms with van der Waals surface area (Å²) < 4.78 is 28.6. The maximum atomic E-state index is 13.8. The van der Waals surface area contributed by atoms with Gasteiger partial charge < -0.3 is 13.8 Å². The molecule has 0 heterocycles. The monoisotopic (exact) mass is 771 g/mol. The van der Waals surface area contributed by atoms with Gasteiger partial charge in [0.1, 0.15) is 0 Å². The molecule has 1 fully saturated rings. The number of allylic oxidation sites excluding steroid dienone is 3. The lowest BCUT2D eigenvalue weighted by Gasteiger charge is -2.63. The molecule has 0 spiro atoms. The molecule has 6 unspecified atom stereocenters. The minimum Gasteiger partial charge on any atom is -0.452 e. The van der Waals surface area contributed by atoms with E-state index >= 15 is 0 Å². The third kappa shape index (κ3) is 8.32. The zero-order valence-electron chi connectivity index (χ0n) is 38.0. The molecule has 1 saturated carbocycles. The Morgan fingerprint density at radius 3 is 1.72 bits per heavy atom. The van der Waals surface area contributed by atoms with E-state index in [9.17, 15) is 9.36 Å². The lowest BCUT2D eigenvalue weighted by atomic mass is 9.41. The Bertz CT molecular complexity index is 1440. The summed E-state index contributed by atoms with van der Waals surface area (Å²) in [5, 5.41) is 0. The van der Waals surface area contributed by atoms with Crippen LogP contribution in [0, 0.1) is 49.2 Å². The summed E-state index contributed by atoms with van der Waals surface area (Å²) in [7, 11) is -0.844. The average Bonchev–Trinajstić information content (AvgIpc) is 3.82. The van der Waals surface area contributed by atoms with Gasteiger partial charge >= 0.3 is 13.6 Å². The fourth-order valence-electron chi connectivity index (χ4n) is 11.8. The molecule has 5 nitrogen and oxygen atoms in total. The summed E-state index contributed by atoms with van der Waals surface area (Å²) in [6.45, 7) is 40.1. The second kappa shape index (κ2) is 17.9. The zero-order chi connectivity index (χ0) is 41.7. The van der Waals surface area contributed by atoms with Crippen LogP contribution in [-0.4, -0.2) is 26.5 Å². The van der Waals surface area contributed by atoms with Gasteiger partial charge in [0.15, 0.2) is 6.35 Å². The Morgan fingerprint density at radius 1 is 0.815 bits per heavy atom. The number of hydrogen-bond donors (Lipinski definition) is 0. The van der Waals surface area contributed by atoms with E-state index in [1.165, 1.54) is 19.8 Å². The van der Waals surface area contributed by atoms with Gasteiger partial charge in [0.2, 0.25) is 0 Å². The van der Waals surface area contributed by atoms with Gasteiger partial charge in [-0.3, -0.25) is 9.36 Å². The third-order valence-electron chi connectivity index (χ3n) is 16.3. The van der Waals surface area contributed by atoms with Gasteiger partial charge in [-0.1, -0.05) is 145 Å². The SMILES string of the molecule is C=CC(CC(C)(C)C(CC)(CC)C(c1ccccc1)C(CC)(CC)C(C)(/C=C\C(C)(CC)C1(CC)CC1(C)C(=O)OCP(=O)(OC)OC)CC)C(C)(C)C. The molecule has 1 aliphatic rings. The molecule has 6 heteroatoms. The van der Waals surface area contributed by atoms with Crippen LogP contribution in [0.15, 0.2) is 55.1 Å². The van der Waals surface area contributed by atoms with Crippen molar-refractivity contribution in [1.29, 1.82) is 0 Å². The van der Waals surface area contributed by atoms with Crippen LogP contribution >= 0.6 is 7.60 Å². The molecule has 0 radical (unpaired) electrons. The van der Waals surface area contributed by atoms with Gasteiger partial charge in [-0.25, -0.2) is 0 Å². The van der Waals surface area contributed by atoms with Crippen molar-refractivity contribution in [1.82, 2.24) is 0 Å². The van der Waals surface area contributed by atoms with Crippen LogP contribution in [0.2, 0.25) is 0 Å². The number of esters is 1. The standard InChI is InChI=1S/C48H83O5P/c1-19-38(41(9,10)11)34-42(12,13)46(22-4,23-5)39(37-30-28-27-29-31-37)47(24-6,25-7)43(14,20-2)32-33-44(15,21-3)48(26-8)35-45(48,16)40(49)53-36-54(50,51-17)52-18/h19,27-33,38-39H,1,20-26,34-36H2,2-18H3/b33-32-. The maximum absolute atomic E-state index is 13.8. The normalized spacial score (nSPS) is 23.4. The highest BCUT2D eigenvalue weighted by molar-refractivity contribution is 7.53. The molecule has 1 aromatic rings. The number of benzene rings is 1. The lowest BCUT2D eigenvalue weighted by Crippen LogP contribution is -2.54. The van der Waals surface area contributed by atoms with Crippen LogP contribution in [0.5, 0.6) is 0 Å². The highest BCUT2D eigenvalue weighted by atomic mass is 31.2. The van der Waals surface area contributed by atoms with E-state index in [1.54, 1.807) is 0 Å². The van der Waals surface area contributed by atoms with Crippen molar-refractivity contribution in [3.63, 3.8) is 0 Å². The maximum Gasteiger partial charge on any atom is 0.367 e. The molecule has 0 aromatic heterocycles. The molecule has 310 valence electrons. The van der Waals surface area contributed by atoms with E-state index in [0.29, 0.717) is 5.92 Å². The van der Waals surface area contributed by atoms with Crippen molar-refractivity contribution in [2.75, 3.05) is 20.6 Å². The summed E-state index contributed by atoms with van der Waals surface area (Å²) in [5.74, 6) is 0.358. The highest BCUT2D eigenvalue weighted by Gasteiger charge is 2.74. The minimum atomic E-state index is -3.49.